The third-order valence-corrected chi connectivity index (χ3v) is 3.38. The van der Waals surface area contributed by atoms with Gasteiger partial charge in [0.1, 0.15) is 0 Å². The van der Waals surface area contributed by atoms with E-state index in [1.807, 2.05) is 35.0 Å². The quantitative estimate of drug-likeness (QED) is 0.848. The Morgan fingerprint density at radius 3 is 2.90 bits per heavy atom. The van der Waals surface area contributed by atoms with Crippen LogP contribution in [-0.4, -0.2) is 17.6 Å². The van der Waals surface area contributed by atoms with Crippen LogP contribution in [0.1, 0.15) is 27.9 Å². The van der Waals surface area contributed by atoms with E-state index < -0.39 is 0 Å². The van der Waals surface area contributed by atoms with Crippen LogP contribution in [0.5, 0.6) is 0 Å². The van der Waals surface area contributed by atoms with Crippen LogP contribution in [0.2, 0.25) is 0 Å². The lowest BCUT2D eigenvalue weighted by Gasteiger charge is -2.06. The van der Waals surface area contributed by atoms with Crippen molar-refractivity contribution in [3.05, 3.63) is 57.8 Å². The number of benzene rings is 1. The second kappa shape index (κ2) is 7.49. The highest BCUT2D eigenvalue weighted by Gasteiger charge is 2.06. The predicted molar refractivity (Wildman–Crippen MR) is 80.5 cm³/mol. The lowest BCUT2D eigenvalue weighted by molar-refractivity contribution is 0.0951. The van der Waals surface area contributed by atoms with Crippen molar-refractivity contribution in [3.8, 4) is 11.8 Å². The van der Waals surface area contributed by atoms with E-state index in [1.165, 1.54) is 11.3 Å². The maximum atomic E-state index is 11.9. The van der Waals surface area contributed by atoms with E-state index in [0.29, 0.717) is 18.5 Å². The van der Waals surface area contributed by atoms with Crippen molar-refractivity contribution in [1.29, 1.82) is 0 Å². The normalized spacial score (nSPS) is 9.65. The molecule has 0 fully saturated rings. The SMILES string of the molecule is O=C(NCc1ccccc1C#CCCO)c1ccsc1. The Kier molecular flexibility index (Phi) is 5.36. The Morgan fingerprint density at radius 1 is 1.30 bits per heavy atom. The van der Waals surface area contributed by atoms with Gasteiger partial charge in [-0.25, -0.2) is 0 Å². The first-order valence-corrected chi connectivity index (χ1v) is 7.23. The Balaban J connectivity index is 2.03. The molecule has 1 amide bonds. The summed E-state index contributed by atoms with van der Waals surface area (Å²) in [7, 11) is 0. The van der Waals surface area contributed by atoms with Gasteiger partial charge in [0.25, 0.3) is 5.91 Å². The van der Waals surface area contributed by atoms with Crippen molar-refractivity contribution in [1.82, 2.24) is 5.32 Å². The maximum absolute atomic E-state index is 11.9. The highest BCUT2D eigenvalue weighted by molar-refractivity contribution is 7.08. The Morgan fingerprint density at radius 2 is 2.15 bits per heavy atom. The molecule has 0 saturated heterocycles. The first kappa shape index (κ1) is 14.3. The lowest BCUT2D eigenvalue weighted by atomic mass is 10.1. The molecule has 4 heteroatoms. The van der Waals surface area contributed by atoms with Gasteiger partial charge in [0.2, 0.25) is 0 Å². The summed E-state index contributed by atoms with van der Waals surface area (Å²) in [5.41, 5.74) is 2.53. The van der Waals surface area contributed by atoms with E-state index in [0.717, 1.165) is 11.1 Å². The van der Waals surface area contributed by atoms with Gasteiger partial charge in [0.15, 0.2) is 0 Å². The number of thiophene rings is 1. The van der Waals surface area contributed by atoms with Gasteiger partial charge in [-0.2, -0.15) is 11.3 Å². The fourth-order valence-corrected chi connectivity index (χ4v) is 2.32. The monoisotopic (exact) mass is 285 g/mol. The first-order valence-electron chi connectivity index (χ1n) is 6.29. The number of rotatable bonds is 4. The molecule has 2 rings (SSSR count). The van der Waals surface area contributed by atoms with Crippen molar-refractivity contribution >= 4 is 17.2 Å². The van der Waals surface area contributed by atoms with Crippen LogP contribution < -0.4 is 5.32 Å². The van der Waals surface area contributed by atoms with Crippen molar-refractivity contribution < 1.29 is 9.90 Å². The van der Waals surface area contributed by atoms with Crippen LogP contribution in [0.15, 0.2) is 41.1 Å². The molecule has 0 saturated carbocycles. The summed E-state index contributed by atoms with van der Waals surface area (Å²) in [5, 5.41) is 15.3. The van der Waals surface area contributed by atoms with Crippen molar-refractivity contribution in [2.24, 2.45) is 0 Å². The number of hydrogen-bond acceptors (Lipinski definition) is 3. The van der Waals surface area contributed by atoms with Crippen molar-refractivity contribution in [2.75, 3.05) is 6.61 Å². The van der Waals surface area contributed by atoms with Gasteiger partial charge >= 0.3 is 0 Å². The standard InChI is InChI=1S/C16H15NO2S/c18-9-4-3-6-13-5-1-2-7-14(13)11-17-16(19)15-8-10-20-12-15/h1-2,5,7-8,10,12,18H,4,9,11H2,(H,17,19). The van der Waals surface area contributed by atoms with Gasteiger partial charge in [-0.3, -0.25) is 4.79 Å². The topological polar surface area (TPSA) is 49.3 Å². The highest BCUT2D eigenvalue weighted by atomic mass is 32.1. The zero-order chi connectivity index (χ0) is 14.2. The molecule has 2 aromatic rings. The van der Waals surface area contributed by atoms with Crippen molar-refractivity contribution in [2.45, 2.75) is 13.0 Å². The van der Waals surface area contributed by atoms with E-state index in [-0.39, 0.29) is 12.5 Å². The third kappa shape index (κ3) is 3.95. The molecule has 3 nitrogen and oxygen atoms in total. The van der Waals surface area contributed by atoms with Crippen LogP contribution in [0.3, 0.4) is 0 Å². The number of aliphatic hydroxyl groups is 1. The summed E-state index contributed by atoms with van der Waals surface area (Å²) in [5.74, 6) is 5.83. The van der Waals surface area contributed by atoms with Crippen LogP contribution in [0.4, 0.5) is 0 Å². The number of carbonyl (C=O) groups excluding carboxylic acids is 1. The molecule has 102 valence electrons. The molecule has 0 bridgehead atoms. The van der Waals surface area contributed by atoms with Gasteiger partial charge < -0.3 is 10.4 Å². The zero-order valence-corrected chi connectivity index (χ0v) is 11.7. The van der Waals surface area contributed by atoms with Gasteiger partial charge in [-0.1, -0.05) is 30.0 Å². The number of aliphatic hydroxyl groups excluding tert-OH is 1. The van der Waals surface area contributed by atoms with E-state index in [9.17, 15) is 4.79 Å². The minimum Gasteiger partial charge on any atom is -0.395 e. The smallest absolute Gasteiger partial charge is 0.252 e. The molecule has 0 unspecified atom stereocenters. The lowest BCUT2D eigenvalue weighted by Crippen LogP contribution is -2.22. The molecule has 0 aliphatic rings. The highest BCUT2D eigenvalue weighted by Crippen LogP contribution is 2.09. The average Bonchev–Trinajstić information content (AvgIpc) is 3.00. The zero-order valence-electron chi connectivity index (χ0n) is 10.9. The molecule has 1 aromatic carbocycles. The summed E-state index contributed by atoms with van der Waals surface area (Å²) in [6.07, 6.45) is 0.454. The number of carbonyl (C=O) groups is 1. The molecule has 20 heavy (non-hydrogen) atoms. The van der Waals surface area contributed by atoms with Gasteiger partial charge in [0.05, 0.1) is 6.61 Å². The molecule has 0 spiro atoms. The Labute approximate surface area is 122 Å². The summed E-state index contributed by atoms with van der Waals surface area (Å²) >= 11 is 1.50. The van der Waals surface area contributed by atoms with E-state index in [1.54, 1.807) is 6.07 Å². The summed E-state index contributed by atoms with van der Waals surface area (Å²) < 4.78 is 0. The summed E-state index contributed by atoms with van der Waals surface area (Å²) in [6.45, 7) is 0.503. The fraction of sp³-hybridized carbons (Fsp3) is 0.188. The third-order valence-electron chi connectivity index (χ3n) is 2.70. The largest absolute Gasteiger partial charge is 0.395 e. The van der Waals surface area contributed by atoms with Gasteiger partial charge in [0, 0.05) is 29.5 Å². The molecular formula is C16H15NO2S. The fourth-order valence-electron chi connectivity index (χ4n) is 1.68. The van der Waals surface area contributed by atoms with E-state index >= 15 is 0 Å². The van der Waals surface area contributed by atoms with Crippen LogP contribution in [0.25, 0.3) is 0 Å². The Bertz CT molecular complexity index is 623. The molecule has 1 aromatic heterocycles. The van der Waals surface area contributed by atoms with Crippen LogP contribution in [-0.2, 0) is 6.54 Å². The molecule has 0 aliphatic carbocycles. The average molecular weight is 285 g/mol. The molecule has 0 atom stereocenters. The van der Waals surface area contributed by atoms with E-state index in [4.69, 9.17) is 5.11 Å². The van der Waals surface area contributed by atoms with Gasteiger partial charge in [-0.15, -0.1) is 0 Å². The number of nitrogens with one attached hydrogen (secondary N) is 1. The van der Waals surface area contributed by atoms with Crippen molar-refractivity contribution in [3.63, 3.8) is 0 Å². The number of hydrogen-bond donors (Lipinski definition) is 2. The second-order valence-electron chi connectivity index (χ2n) is 4.13. The minimum atomic E-state index is -0.0793. The van der Waals surface area contributed by atoms with Crippen LogP contribution >= 0.6 is 11.3 Å². The first-order chi connectivity index (χ1) is 9.81. The molecule has 2 N–H and O–H groups in total. The second-order valence-corrected chi connectivity index (χ2v) is 4.91. The number of amides is 1. The van der Waals surface area contributed by atoms with Gasteiger partial charge in [-0.05, 0) is 23.1 Å². The molecule has 0 radical (unpaired) electrons. The van der Waals surface area contributed by atoms with E-state index in [2.05, 4.69) is 17.2 Å². The summed E-state index contributed by atoms with van der Waals surface area (Å²) in [6, 6.07) is 9.48. The maximum Gasteiger partial charge on any atom is 0.252 e. The molecule has 1 heterocycles. The molecule has 0 aliphatic heterocycles. The molecular weight excluding hydrogens is 270 g/mol. The predicted octanol–water partition coefficient (Wildman–Crippen LogP) is 2.41. The Hall–Kier alpha value is -2.09. The minimum absolute atomic E-state index is 0.0596. The van der Waals surface area contributed by atoms with Crippen LogP contribution in [0, 0.1) is 11.8 Å². The summed E-state index contributed by atoms with van der Waals surface area (Å²) in [4.78, 5) is 11.9.